The molecule has 0 spiro atoms. The molecule has 3 aromatic heterocycles. The number of benzene rings is 2. The highest BCUT2D eigenvalue weighted by molar-refractivity contribution is 6.18. The van der Waals surface area contributed by atoms with Gasteiger partial charge >= 0.3 is 0 Å². The van der Waals surface area contributed by atoms with Crippen molar-refractivity contribution in [3.63, 3.8) is 0 Å². The fourth-order valence-corrected chi connectivity index (χ4v) is 4.07. The summed E-state index contributed by atoms with van der Waals surface area (Å²) in [5, 5.41) is 8.03. The summed E-state index contributed by atoms with van der Waals surface area (Å²) in [4.78, 5) is 20.4. The van der Waals surface area contributed by atoms with Gasteiger partial charge in [-0.05, 0) is 43.0 Å². The Kier molecular flexibility index (Phi) is 3.87. The van der Waals surface area contributed by atoms with Crippen LogP contribution in [0, 0.1) is 6.92 Å². The van der Waals surface area contributed by atoms with Gasteiger partial charge in [-0.2, -0.15) is 5.10 Å². The van der Waals surface area contributed by atoms with Crippen molar-refractivity contribution in [1.29, 1.82) is 0 Å². The predicted octanol–water partition coefficient (Wildman–Crippen LogP) is 4.34. The summed E-state index contributed by atoms with van der Waals surface area (Å²) in [5.41, 5.74) is 4.11. The lowest BCUT2D eigenvalue weighted by molar-refractivity contribution is 0.340. The van der Waals surface area contributed by atoms with E-state index in [2.05, 4.69) is 10.1 Å². The molecule has 0 radical (unpaired) electrons. The van der Waals surface area contributed by atoms with Crippen molar-refractivity contribution in [2.75, 3.05) is 6.61 Å². The Balaban J connectivity index is 2.00. The second-order valence-electron chi connectivity index (χ2n) is 7.08. The van der Waals surface area contributed by atoms with Crippen molar-refractivity contribution in [2.24, 2.45) is 7.05 Å². The zero-order valence-corrected chi connectivity index (χ0v) is 16.5. The maximum absolute atomic E-state index is 12.6. The number of nitrogens with one attached hydrogen (secondary N) is 1. The molecule has 0 saturated heterocycles. The van der Waals surface area contributed by atoms with Gasteiger partial charge in [0, 0.05) is 23.4 Å². The van der Waals surface area contributed by atoms with Crippen molar-refractivity contribution < 1.29 is 4.74 Å². The summed E-state index contributed by atoms with van der Waals surface area (Å²) in [6.07, 6.45) is 0. The molecule has 0 amide bonds. The Labute approximate surface area is 166 Å². The molecule has 0 saturated carbocycles. The molecular weight excluding hydrogens is 364 g/mol. The molecule has 0 bridgehead atoms. The number of H-pyrrole nitrogens is 1. The van der Waals surface area contributed by atoms with Crippen LogP contribution in [-0.4, -0.2) is 26.4 Å². The van der Waals surface area contributed by atoms with Crippen LogP contribution in [0.1, 0.15) is 12.6 Å². The summed E-state index contributed by atoms with van der Waals surface area (Å²) >= 11 is 0. The highest BCUT2D eigenvalue weighted by Gasteiger charge is 2.20. The normalized spacial score (nSPS) is 11.6. The molecule has 0 aliphatic carbocycles. The average molecular weight is 384 g/mol. The predicted molar refractivity (Wildman–Crippen MR) is 115 cm³/mol. The summed E-state index contributed by atoms with van der Waals surface area (Å²) < 4.78 is 7.37. The number of fused-ring (bicyclic) bond motifs is 4. The minimum Gasteiger partial charge on any atom is -0.494 e. The van der Waals surface area contributed by atoms with Crippen molar-refractivity contribution >= 4 is 32.8 Å². The average Bonchev–Trinajstić information content (AvgIpc) is 3.01. The van der Waals surface area contributed by atoms with Crippen LogP contribution in [0.15, 0.2) is 53.3 Å². The largest absolute Gasteiger partial charge is 0.494 e. The van der Waals surface area contributed by atoms with Crippen LogP contribution in [0.5, 0.6) is 5.75 Å². The van der Waals surface area contributed by atoms with Crippen LogP contribution in [0.25, 0.3) is 44.0 Å². The highest BCUT2D eigenvalue weighted by Crippen LogP contribution is 2.38. The zero-order chi connectivity index (χ0) is 20.1. The van der Waals surface area contributed by atoms with Crippen LogP contribution < -0.4 is 10.3 Å². The van der Waals surface area contributed by atoms with E-state index in [9.17, 15) is 4.79 Å². The number of ether oxygens (including phenoxy) is 1. The van der Waals surface area contributed by atoms with E-state index in [4.69, 9.17) is 9.72 Å². The third kappa shape index (κ3) is 2.60. The van der Waals surface area contributed by atoms with E-state index in [1.807, 2.05) is 69.4 Å². The minimum atomic E-state index is -0.142. The van der Waals surface area contributed by atoms with E-state index < -0.39 is 0 Å². The topological polar surface area (TPSA) is 72.8 Å². The lowest BCUT2D eigenvalue weighted by atomic mass is 9.95. The van der Waals surface area contributed by atoms with Gasteiger partial charge in [0.25, 0.3) is 5.56 Å². The molecular formula is C23H20N4O2. The molecule has 5 aromatic rings. The summed E-state index contributed by atoms with van der Waals surface area (Å²) in [7, 11) is 1.87. The van der Waals surface area contributed by atoms with Crippen molar-refractivity contribution in [1.82, 2.24) is 19.7 Å². The molecule has 0 atom stereocenters. The van der Waals surface area contributed by atoms with Crippen LogP contribution >= 0.6 is 0 Å². The number of aromatic nitrogens is 4. The van der Waals surface area contributed by atoms with Crippen LogP contribution in [0.2, 0.25) is 0 Å². The third-order valence-electron chi connectivity index (χ3n) is 5.27. The number of aryl methyl sites for hydroxylation is 2. The lowest BCUT2D eigenvalue weighted by Gasteiger charge is -2.12. The molecule has 3 heterocycles. The fraction of sp³-hybridized carbons (Fsp3) is 0.174. The first-order chi connectivity index (χ1) is 14.1. The van der Waals surface area contributed by atoms with E-state index in [1.165, 1.54) is 0 Å². The quantitative estimate of drug-likeness (QED) is 0.470. The van der Waals surface area contributed by atoms with E-state index in [1.54, 1.807) is 4.68 Å². The lowest BCUT2D eigenvalue weighted by Crippen LogP contribution is -2.08. The van der Waals surface area contributed by atoms with Gasteiger partial charge in [-0.1, -0.05) is 30.3 Å². The summed E-state index contributed by atoms with van der Waals surface area (Å²) in [6.45, 7) is 4.58. The van der Waals surface area contributed by atoms with Crippen LogP contribution in [0.3, 0.4) is 0 Å². The van der Waals surface area contributed by atoms with Gasteiger partial charge in [-0.25, -0.2) is 4.98 Å². The molecule has 6 heteroatoms. The van der Waals surface area contributed by atoms with Gasteiger partial charge in [-0.3, -0.25) is 9.48 Å². The smallest absolute Gasteiger partial charge is 0.257 e. The fourth-order valence-electron chi connectivity index (χ4n) is 4.07. The first kappa shape index (κ1) is 17.4. The Bertz CT molecular complexity index is 1450. The molecule has 144 valence electrons. The van der Waals surface area contributed by atoms with Gasteiger partial charge < -0.3 is 9.72 Å². The van der Waals surface area contributed by atoms with Gasteiger partial charge in [0.1, 0.15) is 11.4 Å². The van der Waals surface area contributed by atoms with Crippen molar-refractivity contribution in [3.05, 3.63) is 64.6 Å². The molecule has 0 aliphatic heterocycles. The maximum atomic E-state index is 12.6. The van der Waals surface area contributed by atoms with Crippen molar-refractivity contribution in [2.45, 2.75) is 13.8 Å². The number of hydrogen-bond acceptors (Lipinski definition) is 4. The minimum absolute atomic E-state index is 0.142. The van der Waals surface area contributed by atoms with Gasteiger partial charge in [0.2, 0.25) is 0 Å². The molecule has 1 N–H and O–H groups in total. The highest BCUT2D eigenvalue weighted by atomic mass is 16.5. The van der Waals surface area contributed by atoms with Gasteiger partial charge in [0.05, 0.1) is 17.7 Å². The SMILES string of the molecule is CCOc1ccc(-c2c3c(C)nn(C)c3nc3[nH]c(=O)c4ccccc4c23)cc1. The zero-order valence-electron chi connectivity index (χ0n) is 16.5. The van der Waals surface area contributed by atoms with E-state index in [0.717, 1.165) is 44.4 Å². The maximum Gasteiger partial charge on any atom is 0.257 e. The Hall–Kier alpha value is -3.67. The second kappa shape index (κ2) is 6.44. The summed E-state index contributed by atoms with van der Waals surface area (Å²) in [6, 6.07) is 15.7. The Morgan fingerprint density at radius 1 is 1.03 bits per heavy atom. The van der Waals surface area contributed by atoms with Gasteiger partial charge in [-0.15, -0.1) is 0 Å². The van der Waals surface area contributed by atoms with Crippen LogP contribution in [0.4, 0.5) is 0 Å². The first-order valence-corrected chi connectivity index (χ1v) is 9.59. The second-order valence-corrected chi connectivity index (χ2v) is 7.08. The molecule has 0 fully saturated rings. The van der Waals surface area contributed by atoms with Crippen LogP contribution in [-0.2, 0) is 7.05 Å². The summed E-state index contributed by atoms with van der Waals surface area (Å²) in [5.74, 6) is 0.826. The van der Waals surface area contributed by atoms with Crippen molar-refractivity contribution in [3.8, 4) is 16.9 Å². The van der Waals surface area contributed by atoms with E-state index >= 15 is 0 Å². The first-order valence-electron chi connectivity index (χ1n) is 9.59. The number of nitrogens with zero attached hydrogens (tertiary/aromatic N) is 3. The number of pyridine rings is 2. The molecule has 5 rings (SSSR count). The van der Waals surface area contributed by atoms with Gasteiger partial charge in [0.15, 0.2) is 5.65 Å². The number of rotatable bonds is 3. The Morgan fingerprint density at radius 3 is 2.48 bits per heavy atom. The van der Waals surface area contributed by atoms with E-state index in [0.29, 0.717) is 17.6 Å². The number of aromatic amines is 1. The third-order valence-corrected chi connectivity index (χ3v) is 5.27. The standard InChI is InChI=1S/C23H20N4O2/c1-4-29-15-11-9-14(10-12-15)19-18-13(2)26-27(3)22(18)24-21-20(19)16-7-5-6-8-17(16)23(28)25-21/h5-12H,4H2,1-3H3,(H,24,25,28). The molecule has 0 unspecified atom stereocenters. The number of hydrogen-bond donors (Lipinski definition) is 1. The molecule has 6 nitrogen and oxygen atoms in total. The Morgan fingerprint density at radius 2 is 1.76 bits per heavy atom. The molecule has 0 aliphatic rings. The van der Waals surface area contributed by atoms with E-state index in [-0.39, 0.29) is 5.56 Å². The molecule has 2 aromatic carbocycles. The molecule has 29 heavy (non-hydrogen) atoms. The monoisotopic (exact) mass is 384 g/mol.